The van der Waals surface area contributed by atoms with E-state index < -0.39 is 11.3 Å². The van der Waals surface area contributed by atoms with E-state index in [1.807, 2.05) is 0 Å². The molecule has 1 aliphatic carbocycles. The van der Waals surface area contributed by atoms with E-state index in [4.69, 9.17) is 5.11 Å². The van der Waals surface area contributed by atoms with E-state index in [-0.39, 0.29) is 13.0 Å². The molecule has 0 aliphatic heterocycles. The SMILES string of the molecule is CCC(F)(F)C1(CO)CC1. The zero-order valence-corrected chi connectivity index (χ0v) is 6.03. The Labute approximate surface area is 59.0 Å². The van der Waals surface area contributed by atoms with Gasteiger partial charge < -0.3 is 5.11 Å². The molecular formula is C7H12F2O. The summed E-state index contributed by atoms with van der Waals surface area (Å²) in [6, 6.07) is 0. The maximum absolute atomic E-state index is 12.8. The van der Waals surface area contributed by atoms with Gasteiger partial charge in [-0.3, -0.25) is 0 Å². The molecule has 0 saturated heterocycles. The maximum atomic E-state index is 12.8. The normalized spacial score (nSPS) is 22.8. The van der Waals surface area contributed by atoms with Gasteiger partial charge in [-0.2, -0.15) is 0 Å². The summed E-state index contributed by atoms with van der Waals surface area (Å²) in [7, 11) is 0. The number of aliphatic hydroxyl groups excluding tert-OH is 1. The minimum atomic E-state index is -2.65. The molecule has 0 aromatic carbocycles. The van der Waals surface area contributed by atoms with Gasteiger partial charge in [0, 0.05) is 6.42 Å². The highest BCUT2D eigenvalue weighted by Crippen LogP contribution is 2.57. The molecule has 0 aromatic heterocycles. The van der Waals surface area contributed by atoms with Gasteiger partial charge >= 0.3 is 0 Å². The molecule has 60 valence electrons. The molecule has 1 nitrogen and oxygen atoms in total. The van der Waals surface area contributed by atoms with E-state index >= 15 is 0 Å². The molecule has 0 amide bonds. The fourth-order valence-corrected chi connectivity index (χ4v) is 1.17. The van der Waals surface area contributed by atoms with Crippen molar-refractivity contribution >= 4 is 0 Å². The van der Waals surface area contributed by atoms with Crippen LogP contribution in [0.3, 0.4) is 0 Å². The Morgan fingerprint density at radius 1 is 1.50 bits per heavy atom. The Balaban J connectivity index is 2.62. The Bertz CT molecular complexity index is 126. The predicted octanol–water partition coefficient (Wildman–Crippen LogP) is 1.80. The molecule has 0 radical (unpaired) electrons. The van der Waals surface area contributed by atoms with Crippen molar-refractivity contribution < 1.29 is 13.9 Å². The third-order valence-electron chi connectivity index (χ3n) is 2.38. The fraction of sp³-hybridized carbons (Fsp3) is 1.00. The van der Waals surface area contributed by atoms with Gasteiger partial charge in [-0.15, -0.1) is 0 Å². The summed E-state index contributed by atoms with van der Waals surface area (Å²) in [5.74, 6) is -2.65. The molecule has 1 fully saturated rings. The first kappa shape index (κ1) is 7.92. The maximum Gasteiger partial charge on any atom is 0.255 e. The number of aliphatic hydroxyl groups is 1. The zero-order valence-electron chi connectivity index (χ0n) is 6.03. The summed E-state index contributed by atoms with van der Waals surface area (Å²) in [6.07, 6.45) is 0.794. The molecule has 0 heterocycles. The van der Waals surface area contributed by atoms with Crippen molar-refractivity contribution in [1.82, 2.24) is 0 Å². The first-order valence-corrected chi connectivity index (χ1v) is 3.57. The van der Waals surface area contributed by atoms with Crippen molar-refractivity contribution in [3.63, 3.8) is 0 Å². The monoisotopic (exact) mass is 150 g/mol. The largest absolute Gasteiger partial charge is 0.396 e. The van der Waals surface area contributed by atoms with Crippen LogP contribution in [0.15, 0.2) is 0 Å². The smallest absolute Gasteiger partial charge is 0.255 e. The zero-order chi connectivity index (χ0) is 7.83. The van der Waals surface area contributed by atoms with Crippen LogP contribution in [0, 0.1) is 5.41 Å². The summed E-state index contributed by atoms with van der Waals surface area (Å²) >= 11 is 0. The van der Waals surface area contributed by atoms with Gasteiger partial charge in [-0.1, -0.05) is 6.92 Å². The third-order valence-corrected chi connectivity index (χ3v) is 2.38. The summed E-state index contributed by atoms with van der Waals surface area (Å²) in [4.78, 5) is 0. The van der Waals surface area contributed by atoms with Gasteiger partial charge in [0.15, 0.2) is 0 Å². The summed E-state index contributed by atoms with van der Waals surface area (Å²) in [5, 5.41) is 8.64. The lowest BCUT2D eigenvalue weighted by Crippen LogP contribution is -2.31. The predicted molar refractivity (Wildman–Crippen MR) is 34.0 cm³/mol. The number of rotatable bonds is 3. The molecule has 3 heteroatoms. The first-order valence-electron chi connectivity index (χ1n) is 3.57. The minimum absolute atomic E-state index is 0.159. The highest BCUT2D eigenvalue weighted by molar-refractivity contribution is 5.02. The van der Waals surface area contributed by atoms with Crippen LogP contribution in [0.4, 0.5) is 8.78 Å². The molecule has 0 atom stereocenters. The van der Waals surface area contributed by atoms with Gasteiger partial charge in [0.05, 0.1) is 12.0 Å². The minimum Gasteiger partial charge on any atom is -0.396 e. The van der Waals surface area contributed by atoms with Crippen LogP contribution in [-0.2, 0) is 0 Å². The second kappa shape index (κ2) is 2.16. The average Bonchev–Trinajstić information content (AvgIpc) is 2.67. The van der Waals surface area contributed by atoms with Crippen LogP contribution in [0.25, 0.3) is 0 Å². The third kappa shape index (κ3) is 0.926. The summed E-state index contributed by atoms with van der Waals surface area (Å²) in [6.45, 7) is 1.09. The fourth-order valence-electron chi connectivity index (χ4n) is 1.17. The van der Waals surface area contributed by atoms with Crippen LogP contribution in [-0.4, -0.2) is 17.6 Å². The van der Waals surface area contributed by atoms with E-state index in [0.29, 0.717) is 12.8 Å². The molecule has 0 spiro atoms. The first-order chi connectivity index (χ1) is 4.58. The highest BCUT2D eigenvalue weighted by Gasteiger charge is 2.60. The lowest BCUT2D eigenvalue weighted by molar-refractivity contribution is -0.0937. The number of halogens is 2. The number of alkyl halides is 2. The van der Waals surface area contributed by atoms with Gasteiger partial charge in [-0.25, -0.2) is 8.78 Å². The molecule has 1 rings (SSSR count). The van der Waals surface area contributed by atoms with Crippen LogP contribution < -0.4 is 0 Å². The van der Waals surface area contributed by atoms with Crippen LogP contribution in [0.2, 0.25) is 0 Å². The van der Waals surface area contributed by atoms with Crippen molar-refractivity contribution in [2.45, 2.75) is 32.1 Å². The van der Waals surface area contributed by atoms with Gasteiger partial charge in [0.2, 0.25) is 0 Å². The number of hydrogen-bond donors (Lipinski definition) is 1. The van der Waals surface area contributed by atoms with E-state index in [2.05, 4.69) is 0 Å². The quantitative estimate of drug-likeness (QED) is 0.650. The molecule has 0 unspecified atom stereocenters. The molecule has 1 saturated carbocycles. The van der Waals surface area contributed by atoms with Crippen LogP contribution in [0.1, 0.15) is 26.2 Å². The van der Waals surface area contributed by atoms with E-state index in [9.17, 15) is 8.78 Å². The van der Waals surface area contributed by atoms with E-state index in [1.54, 1.807) is 0 Å². The summed E-state index contributed by atoms with van der Waals surface area (Å²) in [5.41, 5.74) is -1.04. The van der Waals surface area contributed by atoms with Gasteiger partial charge in [-0.05, 0) is 12.8 Å². The molecule has 1 N–H and O–H groups in total. The number of hydrogen-bond acceptors (Lipinski definition) is 1. The van der Waals surface area contributed by atoms with Crippen molar-refractivity contribution in [2.75, 3.05) is 6.61 Å². The average molecular weight is 150 g/mol. The Morgan fingerprint density at radius 3 is 2.10 bits per heavy atom. The topological polar surface area (TPSA) is 20.2 Å². The second-order valence-corrected chi connectivity index (χ2v) is 3.00. The lowest BCUT2D eigenvalue weighted by Gasteiger charge is -2.22. The Hall–Kier alpha value is -0.180. The van der Waals surface area contributed by atoms with Crippen molar-refractivity contribution in [1.29, 1.82) is 0 Å². The van der Waals surface area contributed by atoms with Gasteiger partial charge in [0.25, 0.3) is 5.92 Å². The Kier molecular flexibility index (Phi) is 1.71. The molecule has 10 heavy (non-hydrogen) atoms. The molecular weight excluding hydrogens is 138 g/mol. The van der Waals surface area contributed by atoms with E-state index in [0.717, 1.165) is 0 Å². The van der Waals surface area contributed by atoms with Crippen molar-refractivity contribution in [3.8, 4) is 0 Å². The highest BCUT2D eigenvalue weighted by atomic mass is 19.3. The summed E-state index contributed by atoms with van der Waals surface area (Å²) < 4.78 is 25.7. The van der Waals surface area contributed by atoms with Crippen LogP contribution in [0.5, 0.6) is 0 Å². The standard InChI is InChI=1S/C7H12F2O/c1-2-7(8,9)6(5-10)3-4-6/h10H,2-5H2,1H3. The van der Waals surface area contributed by atoms with Gasteiger partial charge in [0.1, 0.15) is 0 Å². The molecule has 0 bridgehead atoms. The Morgan fingerprint density at radius 2 is 2.00 bits per heavy atom. The van der Waals surface area contributed by atoms with E-state index in [1.165, 1.54) is 6.92 Å². The van der Waals surface area contributed by atoms with Crippen LogP contribution >= 0.6 is 0 Å². The molecule has 0 aromatic rings. The van der Waals surface area contributed by atoms with Crippen molar-refractivity contribution in [3.05, 3.63) is 0 Å². The molecule has 1 aliphatic rings. The lowest BCUT2D eigenvalue weighted by atomic mass is 9.97. The van der Waals surface area contributed by atoms with Crippen molar-refractivity contribution in [2.24, 2.45) is 5.41 Å². The second-order valence-electron chi connectivity index (χ2n) is 3.00.